The first-order valence-electron chi connectivity index (χ1n) is 12.3. The van der Waals surface area contributed by atoms with E-state index in [0.29, 0.717) is 5.56 Å². The van der Waals surface area contributed by atoms with Crippen molar-refractivity contribution in [1.82, 2.24) is 10.2 Å². The van der Waals surface area contributed by atoms with Crippen molar-refractivity contribution >= 4 is 17.8 Å². The molecule has 1 aliphatic heterocycles. The average molecular weight is 521 g/mol. The van der Waals surface area contributed by atoms with Gasteiger partial charge in [0.25, 0.3) is 11.8 Å². The van der Waals surface area contributed by atoms with Crippen LogP contribution in [0.5, 0.6) is 0 Å². The molecule has 0 spiro atoms. The number of esters is 1. The summed E-state index contributed by atoms with van der Waals surface area (Å²) in [6, 6.07) is 18.3. The third-order valence-corrected chi connectivity index (χ3v) is 7.04. The summed E-state index contributed by atoms with van der Waals surface area (Å²) >= 11 is 0. The molecule has 196 valence electrons. The second-order valence-corrected chi connectivity index (χ2v) is 9.50. The SMILES string of the molecule is O=C(NCC(=O)N1C[C@H](CO)C[C@H]1C(=O)OCc1ccccc1)c1ccc2c(c1)-c1ccccc1C2(F)F. The molecule has 9 heteroatoms. The van der Waals surface area contributed by atoms with E-state index in [9.17, 15) is 28.3 Å². The molecule has 1 fully saturated rings. The van der Waals surface area contributed by atoms with E-state index >= 15 is 0 Å². The highest BCUT2D eigenvalue weighted by Gasteiger charge is 2.44. The highest BCUT2D eigenvalue weighted by Crippen LogP contribution is 2.50. The average Bonchev–Trinajstić information content (AvgIpc) is 3.48. The van der Waals surface area contributed by atoms with Gasteiger partial charge in [0.05, 0.1) is 6.54 Å². The van der Waals surface area contributed by atoms with Crippen LogP contribution in [0.3, 0.4) is 0 Å². The lowest BCUT2D eigenvalue weighted by Gasteiger charge is -2.23. The van der Waals surface area contributed by atoms with Crippen molar-refractivity contribution in [1.29, 1.82) is 0 Å². The van der Waals surface area contributed by atoms with E-state index in [4.69, 9.17) is 4.74 Å². The zero-order valence-corrected chi connectivity index (χ0v) is 20.4. The first-order chi connectivity index (χ1) is 18.3. The number of benzene rings is 3. The number of ether oxygens (including phenoxy) is 1. The fraction of sp³-hybridized carbons (Fsp3) is 0.276. The van der Waals surface area contributed by atoms with Crippen molar-refractivity contribution in [3.8, 4) is 11.1 Å². The first kappa shape index (κ1) is 25.5. The number of aliphatic hydroxyl groups is 1. The molecular weight excluding hydrogens is 494 g/mol. The van der Waals surface area contributed by atoms with E-state index in [1.807, 2.05) is 30.3 Å². The quantitative estimate of drug-likeness (QED) is 0.465. The van der Waals surface area contributed by atoms with Gasteiger partial charge in [-0.1, -0.05) is 60.7 Å². The summed E-state index contributed by atoms with van der Waals surface area (Å²) in [5, 5.41) is 12.1. The molecule has 0 bridgehead atoms. The van der Waals surface area contributed by atoms with Crippen molar-refractivity contribution in [2.24, 2.45) is 5.92 Å². The lowest BCUT2D eigenvalue weighted by molar-refractivity contribution is -0.154. The Morgan fingerprint density at radius 3 is 2.45 bits per heavy atom. The maximum absolute atomic E-state index is 14.8. The highest BCUT2D eigenvalue weighted by atomic mass is 19.3. The van der Waals surface area contributed by atoms with Crippen LogP contribution in [0, 0.1) is 5.92 Å². The molecule has 3 aromatic rings. The van der Waals surface area contributed by atoms with Gasteiger partial charge in [0, 0.05) is 35.8 Å². The second kappa shape index (κ2) is 10.3. The largest absolute Gasteiger partial charge is 0.459 e. The molecule has 2 aliphatic rings. The summed E-state index contributed by atoms with van der Waals surface area (Å²) in [4.78, 5) is 39.9. The van der Waals surface area contributed by atoms with Crippen LogP contribution in [-0.4, -0.2) is 53.5 Å². The van der Waals surface area contributed by atoms with Crippen molar-refractivity contribution in [3.05, 3.63) is 95.1 Å². The van der Waals surface area contributed by atoms with Gasteiger partial charge in [0.15, 0.2) is 0 Å². The standard InChI is InChI=1S/C29H26F2N2O5/c30-29(31)23-9-5-4-8-21(23)22-13-20(10-11-24(22)29)27(36)32-14-26(35)33-15-19(16-34)12-25(33)28(37)38-17-18-6-2-1-3-7-18/h1-11,13,19,25,34H,12,14-17H2,(H,32,36)/t19-,25+/m1/s1. The molecular formula is C29H26F2N2O5. The Balaban J connectivity index is 1.24. The molecule has 1 heterocycles. The van der Waals surface area contributed by atoms with Gasteiger partial charge >= 0.3 is 5.97 Å². The van der Waals surface area contributed by atoms with Gasteiger partial charge in [0.2, 0.25) is 5.91 Å². The minimum Gasteiger partial charge on any atom is -0.459 e. The summed E-state index contributed by atoms with van der Waals surface area (Å²) in [6.45, 7) is -0.386. The number of hydrogen-bond donors (Lipinski definition) is 2. The summed E-state index contributed by atoms with van der Waals surface area (Å²) in [5.41, 5.74) is 1.30. The van der Waals surface area contributed by atoms with Crippen molar-refractivity contribution in [2.45, 2.75) is 25.0 Å². The Morgan fingerprint density at radius 1 is 0.974 bits per heavy atom. The van der Waals surface area contributed by atoms with Crippen LogP contribution >= 0.6 is 0 Å². The number of carbonyl (C=O) groups excluding carboxylic acids is 3. The van der Waals surface area contributed by atoms with Crippen LogP contribution in [0.4, 0.5) is 8.78 Å². The van der Waals surface area contributed by atoms with Gasteiger partial charge < -0.3 is 20.1 Å². The summed E-state index contributed by atoms with van der Waals surface area (Å²) in [7, 11) is 0. The molecule has 2 amide bonds. The minimum absolute atomic E-state index is 0.0548. The Labute approximate surface area is 218 Å². The molecule has 1 saturated heterocycles. The van der Waals surface area contributed by atoms with Gasteiger partial charge in [-0.3, -0.25) is 9.59 Å². The third-order valence-electron chi connectivity index (χ3n) is 7.04. The van der Waals surface area contributed by atoms with Crippen LogP contribution in [0.15, 0.2) is 72.8 Å². The first-order valence-corrected chi connectivity index (χ1v) is 12.3. The number of fused-ring (bicyclic) bond motifs is 3. The lowest BCUT2D eigenvalue weighted by atomic mass is 10.0. The maximum atomic E-state index is 14.8. The van der Waals surface area contributed by atoms with Gasteiger partial charge in [-0.05, 0) is 35.2 Å². The third kappa shape index (κ3) is 4.77. The molecule has 7 nitrogen and oxygen atoms in total. The number of likely N-dealkylation sites (tertiary alicyclic amines) is 1. The number of aliphatic hydroxyl groups excluding tert-OH is 1. The predicted octanol–water partition coefficient (Wildman–Crippen LogP) is 3.49. The fourth-order valence-corrected chi connectivity index (χ4v) is 5.06. The molecule has 0 saturated carbocycles. The highest BCUT2D eigenvalue weighted by molar-refractivity contribution is 5.99. The number of halogens is 2. The lowest BCUT2D eigenvalue weighted by Crippen LogP contribution is -2.46. The molecule has 0 aromatic heterocycles. The molecule has 0 unspecified atom stereocenters. The van der Waals surface area contributed by atoms with Crippen LogP contribution < -0.4 is 5.32 Å². The van der Waals surface area contributed by atoms with Crippen LogP contribution in [0.25, 0.3) is 11.1 Å². The number of carbonyl (C=O) groups is 3. The van der Waals surface area contributed by atoms with E-state index < -0.39 is 36.3 Å². The Bertz CT molecular complexity index is 1380. The van der Waals surface area contributed by atoms with E-state index in [1.54, 1.807) is 18.2 Å². The molecule has 3 aromatic carbocycles. The maximum Gasteiger partial charge on any atom is 0.329 e. The van der Waals surface area contributed by atoms with Gasteiger partial charge in [-0.2, -0.15) is 8.78 Å². The fourth-order valence-electron chi connectivity index (χ4n) is 5.06. The number of hydrogen-bond acceptors (Lipinski definition) is 5. The Hall–Kier alpha value is -4.11. The van der Waals surface area contributed by atoms with Crippen LogP contribution in [-0.2, 0) is 26.9 Å². The summed E-state index contributed by atoms with van der Waals surface area (Å²) < 4.78 is 35.0. The van der Waals surface area contributed by atoms with E-state index in [2.05, 4.69) is 5.32 Å². The molecule has 0 radical (unpaired) electrons. The molecule has 5 rings (SSSR count). The Morgan fingerprint density at radius 2 is 1.68 bits per heavy atom. The number of nitrogens with zero attached hydrogens (tertiary/aromatic N) is 1. The van der Waals surface area contributed by atoms with Crippen molar-refractivity contribution in [2.75, 3.05) is 19.7 Å². The van der Waals surface area contributed by atoms with Crippen molar-refractivity contribution < 1.29 is 33.0 Å². The molecule has 1 aliphatic carbocycles. The van der Waals surface area contributed by atoms with Crippen LogP contribution in [0.2, 0.25) is 0 Å². The van der Waals surface area contributed by atoms with Gasteiger partial charge in [0.1, 0.15) is 12.6 Å². The second-order valence-electron chi connectivity index (χ2n) is 9.50. The number of nitrogens with one attached hydrogen (secondary N) is 1. The Kier molecular flexibility index (Phi) is 6.94. The molecule has 2 N–H and O–H groups in total. The van der Waals surface area contributed by atoms with E-state index in [0.717, 1.165) is 5.56 Å². The zero-order valence-electron chi connectivity index (χ0n) is 20.4. The topological polar surface area (TPSA) is 95.9 Å². The predicted molar refractivity (Wildman–Crippen MR) is 134 cm³/mol. The zero-order chi connectivity index (χ0) is 26.9. The minimum atomic E-state index is -3.15. The van der Waals surface area contributed by atoms with Gasteiger partial charge in [-0.15, -0.1) is 0 Å². The number of rotatable bonds is 7. The van der Waals surface area contributed by atoms with Crippen LogP contribution in [0.1, 0.15) is 33.5 Å². The molecule has 38 heavy (non-hydrogen) atoms. The number of amides is 2. The van der Waals surface area contributed by atoms with Gasteiger partial charge in [-0.25, -0.2) is 4.79 Å². The smallest absolute Gasteiger partial charge is 0.329 e. The van der Waals surface area contributed by atoms with Crippen molar-refractivity contribution in [3.63, 3.8) is 0 Å². The number of alkyl halides is 2. The summed E-state index contributed by atoms with van der Waals surface area (Å²) in [5.74, 6) is -5.13. The molecule has 2 atom stereocenters. The normalized spacial score (nSPS) is 19.0. The van der Waals surface area contributed by atoms with E-state index in [-0.39, 0.29) is 54.4 Å². The van der Waals surface area contributed by atoms with E-state index in [1.165, 1.54) is 29.2 Å². The summed E-state index contributed by atoms with van der Waals surface area (Å²) in [6.07, 6.45) is 0.252. The monoisotopic (exact) mass is 520 g/mol.